The first-order valence-corrected chi connectivity index (χ1v) is 11.3. The molecular weight excluding hydrogens is 461 g/mol. The van der Waals surface area contributed by atoms with Gasteiger partial charge in [0.2, 0.25) is 5.91 Å². The van der Waals surface area contributed by atoms with E-state index in [1.165, 1.54) is 11.8 Å². The first-order chi connectivity index (χ1) is 14.9. The highest BCUT2D eigenvalue weighted by molar-refractivity contribution is 8.00. The van der Waals surface area contributed by atoms with Crippen LogP contribution in [0.25, 0.3) is 0 Å². The lowest BCUT2D eigenvalue weighted by atomic mass is 10.2. The van der Waals surface area contributed by atoms with Crippen LogP contribution in [0.1, 0.15) is 0 Å². The van der Waals surface area contributed by atoms with E-state index in [1.54, 1.807) is 23.1 Å². The molecule has 0 aromatic heterocycles. The Hall–Kier alpha value is -2.17. The molecule has 4 rings (SSSR count). The number of nitrogens with one attached hydrogen (secondary N) is 2. The molecule has 2 aliphatic heterocycles. The third-order valence-corrected chi connectivity index (χ3v) is 6.79. The van der Waals surface area contributed by atoms with E-state index in [0.29, 0.717) is 47.7 Å². The van der Waals surface area contributed by atoms with Crippen LogP contribution in [0.5, 0.6) is 0 Å². The molecule has 0 radical (unpaired) electrons. The van der Waals surface area contributed by atoms with Gasteiger partial charge in [-0.3, -0.25) is 4.79 Å². The number of morpholine rings is 1. The summed E-state index contributed by atoms with van der Waals surface area (Å²) < 4.78 is 5.18. The fourth-order valence-corrected chi connectivity index (χ4v) is 4.73. The van der Waals surface area contributed by atoms with Gasteiger partial charge in [0.15, 0.2) is 0 Å². The largest absolute Gasteiger partial charge is 0.370 e. The second kappa shape index (κ2) is 9.54. The molecule has 0 spiro atoms. The average Bonchev–Trinajstić information content (AvgIpc) is 3.04. The second-order valence-electron chi connectivity index (χ2n) is 7.03. The summed E-state index contributed by atoms with van der Waals surface area (Å²) in [5.74, 6) is -0.0127. The first kappa shape index (κ1) is 22.0. The number of nitrogens with zero attached hydrogens (tertiary/aromatic N) is 2. The van der Waals surface area contributed by atoms with Crippen molar-refractivity contribution >= 4 is 64.0 Å². The molecule has 31 heavy (non-hydrogen) atoms. The van der Waals surface area contributed by atoms with Crippen molar-refractivity contribution in [3.8, 4) is 0 Å². The van der Waals surface area contributed by atoms with Crippen molar-refractivity contribution in [2.24, 2.45) is 5.73 Å². The molecule has 2 heterocycles. The third kappa shape index (κ3) is 5.19. The number of amides is 3. The van der Waals surface area contributed by atoms with E-state index in [9.17, 15) is 9.59 Å². The number of urea groups is 1. The molecular formula is C20H21Cl2N5O3S. The van der Waals surface area contributed by atoms with Gasteiger partial charge in [0.25, 0.3) is 0 Å². The molecule has 1 atom stereocenters. The van der Waals surface area contributed by atoms with Gasteiger partial charge in [0, 0.05) is 35.9 Å². The fourth-order valence-electron chi connectivity index (χ4n) is 3.38. The Bertz CT molecular complexity index is 1010. The Morgan fingerprint density at radius 1 is 1.13 bits per heavy atom. The van der Waals surface area contributed by atoms with E-state index in [-0.39, 0.29) is 18.0 Å². The van der Waals surface area contributed by atoms with Gasteiger partial charge in [-0.05, 0) is 36.4 Å². The second-order valence-corrected chi connectivity index (χ2v) is 9.00. The lowest BCUT2D eigenvalue weighted by Gasteiger charge is -2.31. The average molecular weight is 482 g/mol. The number of carbonyl (C=O) groups is 2. The van der Waals surface area contributed by atoms with E-state index in [1.807, 2.05) is 23.1 Å². The molecule has 164 valence electrons. The number of hydrogen-bond donors (Lipinski definition) is 3. The van der Waals surface area contributed by atoms with Crippen LogP contribution in [-0.4, -0.2) is 55.2 Å². The van der Waals surface area contributed by atoms with Crippen LogP contribution in [0.4, 0.5) is 21.9 Å². The molecule has 8 nitrogen and oxygen atoms in total. The Morgan fingerprint density at radius 3 is 2.61 bits per heavy atom. The van der Waals surface area contributed by atoms with Gasteiger partial charge in [-0.2, -0.15) is 0 Å². The molecule has 0 bridgehead atoms. The number of nitrogens with two attached hydrogens (primary N) is 1. The molecule has 2 aromatic carbocycles. The minimum atomic E-state index is -0.404. The van der Waals surface area contributed by atoms with Gasteiger partial charge in [-0.25, -0.2) is 4.79 Å². The highest BCUT2D eigenvalue weighted by Gasteiger charge is 2.29. The van der Waals surface area contributed by atoms with Crippen molar-refractivity contribution in [3.63, 3.8) is 0 Å². The van der Waals surface area contributed by atoms with Crippen LogP contribution in [0.15, 0.2) is 41.3 Å². The fraction of sp³-hybridized carbons (Fsp3) is 0.300. The number of thioether (sulfide) groups is 1. The summed E-state index contributed by atoms with van der Waals surface area (Å²) in [5.41, 5.74) is 8.11. The minimum absolute atomic E-state index is 0.0127. The third-order valence-electron chi connectivity index (χ3n) is 4.95. The van der Waals surface area contributed by atoms with Gasteiger partial charge in [0.05, 0.1) is 22.3 Å². The van der Waals surface area contributed by atoms with Gasteiger partial charge >= 0.3 is 6.03 Å². The van der Waals surface area contributed by atoms with Crippen LogP contribution in [0.3, 0.4) is 0 Å². The zero-order valence-corrected chi connectivity index (χ0v) is 18.8. The highest BCUT2D eigenvalue weighted by Crippen LogP contribution is 2.42. The predicted molar refractivity (Wildman–Crippen MR) is 124 cm³/mol. The predicted octanol–water partition coefficient (Wildman–Crippen LogP) is 3.65. The Balaban J connectivity index is 1.41. The molecule has 2 aliphatic rings. The smallest absolute Gasteiger partial charge is 0.323 e. The molecule has 1 saturated heterocycles. The van der Waals surface area contributed by atoms with Gasteiger partial charge < -0.3 is 30.9 Å². The van der Waals surface area contributed by atoms with E-state index < -0.39 is 6.03 Å². The minimum Gasteiger partial charge on any atom is -0.370 e. The Morgan fingerprint density at radius 2 is 1.87 bits per heavy atom. The monoisotopic (exact) mass is 481 g/mol. The first-order valence-electron chi connectivity index (χ1n) is 9.62. The van der Waals surface area contributed by atoms with Crippen molar-refractivity contribution in [1.82, 2.24) is 4.90 Å². The quantitative estimate of drug-likeness (QED) is 0.602. The van der Waals surface area contributed by atoms with Crippen molar-refractivity contribution in [1.29, 1.82) is 0 Å². The number of anilines is 3. The van der Waals surface area contributed by atoms with Crippen molar-refractivity contribution < 1.29 is 14.3 Å². The van der Waals surface area contributed by atoms with E-state index in [0.717, 1.165) is 10.6 Å². The number of rotatable bonds is 5. The summed E-state index contributed by atoms with van der Waals surface area (Å²) in [6.07, 6.45) is 0. The highest BCUT2D eigenvalue weighted by atomic mass is 35.5. The van der Waals surface area contributed by atoms with Gasteiger partial charge in [-0.15, -0.1) is 0 Å². The van der Waals surface area contributed by atoms with Crippen LogP contribution >= 0.6 is 35.0 Å². The summed E-state index contributed by atoms with van der Waals surface area (Å²) in [4.78, 5) is 29.2. The summed E-state index contributed by atoms with van der Waals surface area (Å²) in [5, 5.41) is 6.32. The van der Waals surface area contributed by atoms with Crippen molar-refractivity contribution in [2.45, 2.75) is 10.4 Å². The molecule has 4 N–H and O–H groups in total. The maximum Gasteiger partial charge on any atom is 0.323 e. The molecule has 11 heteroatoms. The number of hydrogen-bond acceptors (Lipinski definition) is 6. The molecule has 0 saturated carbocycles. The maximum absolute atomic E-state index is 12.4. The van der Waals surface area contributed by atoms with Crippen molar-refractivity contribution in [3.05, 3.63) is 46.4 Å². The van der Waals surface area contributed by atoms with Gasteiger partial charge in [0.1, 0.15) is 12.1 Å². The number of ether oxygens (including phenoxy) is 1. The molecule has 1 fully saturated rings. The summed E-state index contributed by atoms with van der Waals surface area (Å²) >= 11 is 13.4. The zero-order chi connectivity index (χ0) is 22.0. The Labute approximate surface area is 194 Å². The van der Waals surface area contributed by atoms with Gasteiger partial charge in [-0.1, -0.05) is 35.0 Å². The lowest BCUT2D eigenvalue weighted by molar-refractivity contribution is -0.142. The number of benzene rings is 2. The molecule has 0 aliphatic carbocycles. The van der Waals surface area contributed by atoms with E-state index >= 15 is 0 Å². The van der Waals surface area contributed by atoms with Crippen LogP contribution in [-0.2, 0) is 9.53 Å². The SMILES string of the molecule is NC1Sc2ccc(NC(=O)Nc3ccc(Cl)c(Cl)c3)cc2N1CCN1CCOCC1=O. The molecule has 1 unspecified atom stereocenters. The van der Waals surface area contributed by atoms with Crippen LogP contribution in [0.2, 0.25) is 10.0 Å². The number of halogens is 2. The lowest BCUT2D eigenvalue weighted by Crippen LogP contribution is -2.47. The van der Waals surface area contributed by atoms with E-state index in [4.69, 9.17) is 33.7 Å². The summed E-state index contributed by atoms with van der Waals surface area (Å²) in [6.45, 7) is 2.40. The number of fused-ring (bicyclic) bond motifs is 1. The summed E-state index contributed by atoms with van der Waals surface area (Å²) in [7, 11) is 0. The Kier molecular flexibility index (Phi) is 6.78. The summed E-state index contributed by atoms with van der Waals surface area (Å²) in [6, 6.07) is 10.1. The standard InChI is InChI=1S/C20H21Cl2N5O3S/c21-14-3-1-12(9-15(14)22)24-20(29)25-13-2-4-17-16(10-13)27(19(23)31-17)6-5-26-7-8-30-11-18(26)28/h1-4,9-10,19H,5-8,11,23H2,(H2,24,25,29). The number of carbonyl (C=O) groups excluding carboxylic acids is 2. The normalized spacial score (nSPS) is 18.2. The van der Waals surface area contributed by atoms with Crippen LogP contribution < -0.4 is 21.3 Å². The zero-order valence-electron chi connectivity index (χ0n) is 16.4. The maximum atomic E-state index is 12.4. The van der Waals surface area contributed by atoms with Crippen LogP contribution in [0, 0.1) is 0 Å². The van der Waals surface area contributed by atoms with Crippen molar-refractivity contribution in [2.75, 3.05) is 48.4 Å². The molecule has 3 amide bonds. The topological polar surface area (TPSA) is 99.9 Å². The van der Waals surface area contributed by atoms with E-state index in [2.05, 4.69) is 10.6 Å². The molecule has 2 aromatic rings.